The summed E-state index contributed by atoms with van der Waals surface area (Å²) in [7, 11) is 0. The lowest BCUT2D eigenvalue weighted by molar-refractivity contribution is -0.137. The molecule has 0 heterocycles. The average Bonchev–Trinajstić information content (AvgIpc) is 2.94. The third-order valence-corrected chi connectivity index (χ3v) is 3.30. The van der Waals surface area contributed by atoms with Gasteiger partial charge in [-0.2, -0.15) is 13.2 Å². The van der Waals surface area contributed by atoms with Gasteiger partial charge in [-0.1, -0.05) is 6.92 Å². The zero-order valence-corrected chi connectivity index (χ0v) is 9.84. The van der Waals surface area contributed by atoms with Crippen LogP contribution in [0.15, 0.2) is 18.2 Å². The summed E-state index contributed by atoms with van der Waals surface area (Å²) in [6.07, 6.45) is -2.06. The second-order valence-corrected chi connectivity index (χ2v) is 5.21. The Bertz CT molecular complexity index is 487. The minimum Gasteiger partial charge on any atom is -0.478 e. The molecule has 0 atom stereocenters. The van der Waals surface area contributed by atoms with Crippen molar-refractivity contribution in [1.82, 2.24) is 0 Å². The Kier molecular flexibility index (Phi) is 2.87. The first-order valence-corrected chi connectivity index (χ1v) is 5.64. The van der Waals surface area contributed by atoms with E-state index in [1.165, 1.54) is 6.07 Å². The highest BCUT2D eigenvalue weighted by atomic mass is 19.4. The summed E-state index contributed by atoms with van der Waals surface area (Å²) in [5, 5.41) is 8.85. The van der Waals surface area contributed by atoms with E-state index < -0.39 is 17.7 Å². The van der Waals surface area contributed by atoms with Crippen LogP contribution < -0.4 is 0 Å². The van der Waals surface area contributed by atoms with Gasteiger partial charge in [0.15, 0.2) is 0 Å². The fourth-order valence-electron chi connectivity index (χ4n) is 1.96. The number of hydrogen-bond donors (Lipinski definition) is 1. The summed E-state index contributed by atoms with van der Waals surface area (Å²) in [4.78, 5) is 10.8. The van der Waals surface area contributed by atoms with Crippen LogP contribution in [0.1, 0.15) is 41.3 Å². The van der Waals surface area contributed by atoms with Crippen LogP contribution in [0.4, 0.5) is 13.2 Å². The second-order valence-electron chi connectivity index (χ2n) is 5.21. The molecule has 0 spiro atoms. The third-order valence-electron chi connectivity index (χ3n) is 3.30. The molecule has 18 heavy (non-hydrogen) atoms. The van der Waals surface area contributed by atoms with Crippen LogP contribution in [-0.2, 0) is 12.6 Å². The maximum Gasteiger partial charge on any atom is 0.416 e. The number of hydrogen-bond acceptors (Lipinski definition) is 1. The van der Waals surface area contributed by atoms with Gasteiger partial charge in [-0.25, -0.2) is 4.79 Å². The van der Waals surface area contributed by atoms with Gasteiger partial charge in [0.1, 0.15) is 0 Å². The molecule has 2 rings (SSSR count). The smallest absolute Gasteiger partial charge is 0.416 e. The topological polar surface area (TPSA) is 37.3 Å². The molecule has 0 aliphatic heterocycles. The third kappa shape index (κ3) is 2.83. The highest BCUT2D eigenvalue weighted by Crippen LogP contribution is 2.48. The predicted octanol–water partition coefficient (Wildman–Crippen LogP) is 3.75. The van der Waals surface area contributed by atoms with Crippen LogP contribution in [0.3, 0.4) is 0 Å². The molecule has 1 aromatic carbocycles. The van der Waals surface area contributed by atoms with E-state index in [1.54, 1.807) is 0 Å². The number of carbonyl (C=O) groups is 1. The van der Waals surface area contributed by atoms with Gasteiger partial charge >= 0.3 is 12.1 Å². The van der Waals surface area contributed by atoms with Crippen LogP contribution in [0, 0.1) is 5.41 Å². The molecule has 1 aliphatic rings. The van der Waals surface area contributed by atoms with Gasteiger partial charge in [-0.15, -0.1) is 0 Å². The van der Waals surface area contributed by atoms with Gasteiger partial charge in [-0.05, 0) is 48.4 Å². The SMILES string of the molecule is CC1(Cc2cc(C(=O)O)cc(C(F)(F)F)c2)CC1. The Morgan fingerprint density at radius 3 is 2.39 bits per heavy atom. The van der Waals surface area contributed by atoms with Crippen molar-refractivity contribution >= 4 is 5.97 Å². The molecule has 1 saturated carbocycles. The number of benzene rings is 1. The standard InChI is InChI=1S/C13H13F3O2/c1-12(2-3-12)7-8-4-9(11(17)18)6-10(5-8)13(14,15)16/h4-6H,2-3,7H2,1H3,(H,17,18). The van der Waals surface area contributed by atoms with Crippen molar-refractivity contribution in [3.8, 4) is 0 Å². The maximum atomic E-state index is 12.7. The highest BCUT2D eigenvalue weighted by Gasteiger charge is 2.38. The fourth-order valence-corrected chi connectivity index (χ4v) is 1.96. The normalized spacial score (nSPS) is 17.6. The van der Waals surface area contributed by atoms with Crippen molar-refractivity contribution in [3.05, 3.63) is 34.9 Å². The Labute approximate surface area is 102 Å². The van der Waals surface area contributed by atoms with Crippen molar-refractivity contribution in [1.29, 1.82) is 0 Å². The molecule has 98 valence electrons. The fraction of sp³-hybridized carbons (Fsp3) is 0.462. The summed E-state index contributed by atoms with van der Waals surface area (Å²) in [5.41, 5.74) is -0.701. The van der Waals surface area contributed by atoms with Crippen molar-refractivity contribution in [2.24, 2.45) is 5.41 Å². The number of rotatable bonds is 3. The van der Waals surface area contributed by atoms with Gasteiger partial charge in [0.25, 0.3) is 0 Å². The van der Waals surface area contributed by atoms with Crippen molar-refractivity contribution in [2.45, 2.75) is 32.4 Å². The van der Waals surface area contributed by atoms with E-state index in [4.69, 9.17) is 5.11 Å². The molecule has 1 aliphatic carbocycles. The average molecular weight is 258 g/mol. The lowest BCUT2D eigenvalue weighted by atomic mass is 9.95. The summed E-state index contributed by atoms with van der Waals surface area (Å²) in [6, 6.07) is 3.07. The summed E-state index contributed by atoms with van der Waals surface area (Å²) < 4.78 is 38.0. The molecule has 0 bridgehead atoms. The number of carboxylic acid groups (broad SMARTS) is 1. The first-order chi connectivity index (χ1) is 8.20. The summed E-state index contributed by atoms with van der Waals surface area (Å²) in [6.45, 7) is 1.99. The molecule has 0 aromatic heterocycles. The van der Waals surface area contributed by atoms with Crippen molar-refractivity contribution < 1.29 is 23.1 Å². The highest BCUT2D eigenvalue weighted by molar-refractivity contribution is 5.88. The largest absolute Gasteiger partial charge is 0.478 e. The molecule has 0 radical (unpaired) electrons. The lowest BCUT2D eigenvalue weighted by Gasteiger charge is -2.13. The van der Waals surface area contributed by atoms with E-state index in [9.17, 15) is 18.0 Å². The molecule has 0 amide bonds. The number of carboxylic acids is 1. The number of alkyl halides is 3. The summed E-state index contributed by atoms with van der Waals surface area (Å²) in [5.74, 6) is -1.33. The minimum absolute atomic E-state index is 0.0417. The Morgan fingerprint density at radius 2 is 1.94 bits per heavy atom. The first-order valence-electron chi connectivity index (χ1n) is 5.64. The lowest BCUT2D eigenvalue weighted by Crippen LogP contribution is -2.10. The van der Waals surface area contributed by atoms with Gasteiger partial charge in [0, 0.05) is 0 Å². The Morgan fingerprint density at radius 1 is 1.33 bits per heavy atom. The molecule has 1 aromatic rings. The quantitative estimate of drug-likeness (QED) is 0.896. The molecule has 5 heteroatoms. The predicted molar refractivity (Wildman–Crippen MR) is 59.4 cm³/mol. The van der Waals surface area contributed by atoms with Crippen LogP contribution >= 0.6 is 0 Å². The molecule has 1 fully saturated rings. The maximum absolute atomic E-state index is 12.7. The van der Waals surface area contributed by atoms with Crippen LogP contribution in [0.5, 0.6) is 0 Å². The van der Waals surface area contributed by atoms with E-state index >= 15 is 0 Å². The van der Waals surface area contributed by atoms with Gasteiger partial charge in [-0.3, -0.25) is 0 Å². The van der Waals surface area contributed by atoms with E-state index in [2.05, 4.69) is 0 Å². The van der Waals surface area contributed by atoms with Gasteiger partial charge in [0.2, 0.25) is 0 Å². The zero-order valence-electron chi connectivity index (χ0n) is 9.84. The Hall–Kier alpha value is -1.52. The van der Waals surface area contributed by atoms with Crippen LogP contribution in [0.2, 0.25) is 0 Å². The molecule has 0 saturated heterocycles. The number of aromatic carboxylic acids is 1. The second kappa shape index (κ2) is 4.00. The van der Waals surface area contributed by atoms with Crippen LogP contribution in [-0.4, -0.2) is 11.1 Å². The van der Waals surface area contributed by atoms with Gasteiger partial charge in [0.05, 0.1) is 11.1 Å². The van der Waals surface area contributed by atoms with Crippen LogP contribution in [0.25, 0.3) is 0 Å². The van der Waals surface area contributed by atoms with E-state index in [0.29, 0.717) is 18.1 Å². The molecular weight excluding hydrogens is 245 g/mol. The molecule has 2 nitrogen and oxygen atoms in total. The van der Waals surface area contributed by atoms with Crippen molar-refractivity contribution in [3.63, 3.8) is 0 Å². The van der Waals surface area contributed by atoms with Gasteiger partial charge < -0.3 is 5.11 Å². The minimum atomic E-state index is -4.51. The Balaban J connectivity index is 2.39. The van der Waals surface area contributed by atoms with E-state index in [-0.39, 0.29) is 11.0 Å². The molecular formula is C13H13F3O2. The molecule has 1 N–H and O–H groups in total. The zero-order chi connectivity index (χ0) is 13.6. The van der Waals surface area contributed by atoms with E-state index in [0.717, 1.165) is 18.9 Å². The molecule has 0 unspecified atom stereocenters. The van der Waals surface area contributed by atoms with Crippen molar-refractivity contribution in [2.75, 3.05) is 0 Å². The monoisotopic (exact) mass is 258 g/mol. The summed E-state index contributed by atoms with van der Waals surface area (Å²) >= 11 is 0. The van der Waals surface area contributed by atoms with E-state index in [1.807, 2.05) is 6.92 Å². The number of halogens is 3. The first kappa shape index (κ1) is 12.9.